The third kappa shape index (κ3) is 3.55. The highest BCUT2D eigenvalue weighted by atomic mass is 19.1. The number of pyridine rings is 1. The lowest BCUT2D eigenvalue weighted by molar-refractivity contribution is 0.0595. The molecule has 0 saturated carbocycles. The predicted octanol–water partition coefficient (Wildman–Crippen LogP) is 3.03. The number of esters is 1. The zero-order valence-electron chi connectivity index (χ0n) is 16.7. The van der Waals surface area contributed by atoms with Gasteiger partial charge in [-0.2, -0.15) is 4.52 Å². The van der Waals surface area contributed by atoms with E-state index in [1.54, 1.807) is 6.07 Å². The maximum absolute atomic E-state index is 14.3. The van der Waals surface area contributed by atoms with Crippen LogP contribution in [0.25, 0.3) is 16.8 Å². The van der Waals surface area contributed by atoms with Gasteiger partial charge in [-0.25, -0.2) is 14.2 Å². The Balaban J connectivity index is 1.91. The van der Waals surface area contributed by atoms with E-state index in [4.69, 9.17) is 9.47 Å². The zero-order valence-corrected chi connectivity index (χ0v) is 16.7. The Morgan fingerprint density at radius 3 is 2.69 bits per heavy atom. The van der Waals surface area contributed by atoms with Gasteiger partial charge in [0.15, 0.2) is 11.5 Å². The molecule has 2 aromatic heterocycles. The van der Waals surface area contributed by atoms with Crippen molar-refractivity contribution in [2.75, 3.05) is 38.3 Å². The van der Waals surface area contributed by atoms with Crippen LogP contribution in [0.1, 0.15) is 28.7 Å². The summed E-state index contributed by atoms with van der Waals surface area (Å²) in [5.41, 5.74) is 2.95. The molecule has 8 heteroatoms. The molecule has 29 heavy (non-hydrogen) atoms. The quantitative estimate of drug-likeness (QED) is 0.630. The summed E-state index contributed by atoms with van der Waals surface area (Å²) < 4.78 is 26.4. The van der Waals surface area contributed by atoms with Gasteiger partial charge in [0.25, 0.3) is 0 Å². The smallest absolute Gasteiger partial charge is 0.340 e. The number of nitrogens with zero attached hydrogens (tertiary/aromatic N) is 4. The van der Waals surface area contributed by atoms with E-state index in [9.17, 15) is 9.18 Å². The van der Waals surface area contributed by atoms with Crippen molar-refractivity contribution in [2.45, 2.75) is 20.3 Å². The molecule has 1 aliphatic rings. The Kier molecular flexibility index (Phi) is 5.19. The zero-order chi connectivity index (χ0) is 20.5. The summed E-state index contributed by atoms with van der Waals surface area (Å²) in [5, 5.41) is 4.63. The number of hydrogen-bond acceptors (Lipinski definition) is 6. The molecular formula is C21H23FN4O3. The van der Waals surface area contributed by atoms with Crippen LogP contribution < -0.4 is 4.90 Å². The fourth-order valence-electron chi connectivity index (χ4n) is 3.58. The summed E-state index contributed by atoms with van der Waals surface area (Å²) in [7, 11) is 1.24. The van der Waals surface area contributed by atoms with E-state index >= 15 is 0 Å². The van der Waals surface area contributed by atoms with E-state index in [-0.39, 0.29) is 5.56 Å². The van der Waals surface area contributed by atoms with Gasteiger partial charge >= 0.3 is 5.97 Å². The molecule has 0 spiro atoms. The number of hydrogen-bond donors (Lipinski definition) is 0. The van der Waals surface area contributed by atoms with Gasteiger partial charge in [-0.3, -0.25) is 0 Å². The van der Waals surface area contributed by atoms with Gasteiger partial charge in [0.1, 0.15) is 11.6 Å². The van der Waals surface area contributed by atoms with Gasteiger partial charge in [-0.15, -0.1) is 5.10 Å². The molecule has 0 N–H and O–H groups in total. The molecule has 0 bridgehead atoms. The van der Waals surface area contributed by atoms with Crippen molar-refractivity contribution in [1.82, 2.24) is 14.6 Å². The van der Waals surface area contributed by atoms with Crippen LogP contribution in [-0.4, -0.2) is 54.0 Å². The molecule has 1 fully saturated rings. The van der Waals surface area contributed by atoms with Crippen LogP contribution in [0.4, 0.5) is 10.2 Å². The van der Waals surface area contributed by atoms with E-state index in [2.05, 4.69) is 15.0 Å². The Morgan fingerprint density at radius 2 is 2.00 bits per heavy atom. The minimum Gasteiger partial charge on any atom is -0.465 e. The van der Waals surface area contributed by atoms with Gasteiger partial charge in [-0.05, 0) is 47.9 Å². The van der Waals surface area contributed by atoms with Crippen LogP contribution >= 0.6 is 0 Å². The highest BCUT2D eigenvalue weighted by Crippen LogP contribution is 2.31. The van der Waals surface area contributed by atoms with Crippen LogP contribution in [-0.2, 0) is 15.9 Å². The van der Waals surface area contributed by atoms with Crippen molar-refractivity contribution in [1.29, 1.82) is 0 Å². The van der Waals surface area contributed by atoms with Crippen molar-refractivity contribution < 1.29 is 18.7 Å². The fourth-order valence-corrected chi connectivity index (χ4v) is 3.58. The van der Waals surface area contributed by atoms with Crippen LogP contribution in [0.3, 0.4) is 0 Å². The molecule has 0 unspecified atom stereocenters. The predicted molar refractivity (Wildman–Crippen MR) is 107 cm³/mol. The molecule has 1 aliphatic heterocycles. The van der Waals surface area contributed by atoms with Gasteiger partial charge < -0.3 is 14.4 Å². The summed E-state index contributed by atoms with van der Waals surface area (Å²) in [5.74, 6) is 0.358. The second-order valence-corrected chi connectivity index (χ2v) is 6.99. The maximum Gasteiger partial charge on any atom is 0.340 e. The molecule has 4 rings (SSSR count). The highest BCUT2D eigenvalue weighted by molar-refractivity contribution is 5.92. The number of anilines is 1. The number of ether oxygens (including phenoxy) is 2. The molecule has 0 atom stereocenters. The Bertz CT molecular complexity index is 1070. The Morgan fingerprint density at radius 1 is 1.24 bits per heavy atom. The first-order valence-corrected chi connectivity index (χ1v) is 9.63. The Labute approximate surface area is 168 Å². The minimum absolute atomic E-state index is 0.0865. The highest BCUT2D eigenvalue weighted by Gasteiger charge is 2.20. The number of halogens is 1. The van der Waals surface area contributed by atoms with Crippen molar-refractivity contribution in [3.05, 3.63) is 47.0 Å². The van der Waals surface area contributed by atoms with E-state index in [0.717, 1.165) is 47.8 Å². The van der Waals surface area contributed by atoms with Gasteiger partial charge in [-0.1, -0.05) is 6.92 Å². The number of carbonyl (C=O) groups excluding carboxylic acids is 1. The fraction of sp³-hybridized carbons (Fsp3) is 0.381. The van der Waals surface area contributed by atoms with E-state index < -0.39 is 11.8 Å². The van der Waals surface area contributed by atoms with E-state index in [1.807, 2.05) is 30.5 Å². The molecular weight excluding hydrogens is 375 g/mol. The number of rotatable bonds is 4. The van der Waals surface area contributed by atoms with Gasteiger partial charge in [0.2, 0.25) is 0 Å². The summed E-state index contributed by atoms with van der Waals surface area (Å²) in [4.78, 5) is 18.8. The summed E-state index contributed by atoms with van der Waals surface area (Å²) in [6, 6.07) is 6.83. The van der Waals surface area contributed by atoms with E-state index in [1.165, 1.54) is 13.2 Å². The first-order valence-electron chi connectivity index (χ1n) is 9.63. The van der Waals surface area contributed by atoms with Crippen LogP contribution in [0, 0.1) is 12.7 Å². The van der Waals surface area contributed by atoms with Crippen molar-refractivity contribution in [3.8, 4) is 11.1 Å². The normalized spacial score (nSPS) is 14.4. The number of benzene rings is 1. The summed E-state index contributed by atoms with van der Waals surface area (Å²) in [6.45, 7) is 6.60. The number of aromatic nitrogens is 3. The average molecular weight is 398 g/mol. The molecule has 152 valence electrons. The second kappa shape index (κ2) is 7.79. The number of morpholine rings is 1. The first-order chi connectivity index (χ1) is 14.0. The third-order valence-electron chi connectivity index (χ3n) is 5.14. The lowest BCUT2D eigenvalue weighted by atomic mass is 9.98. The number of methoxy groups -OCH3 is 1. The van der Waals surface area contributed by atoms with Crippen molar-refractivity contribution in [2.24, 2.45) is 0 Å². The molecule has 1 aromatic carbocycles. The minimum atomic E-state index is -0.700. The second-order valence-electron chi connectivity index (χ2n) is 6.99. The number of aryl methyl sites for hydroxylation is 2. The van der Waals surface area contributed by atoms with Crippen LogP contribution in [0.5, 0.6) is 0 Å². The standard InChI is InChI=1S/C21H23FN4O3/c1-4-18-23-19-10-14(11-20(26(19)24-18)25-5-7-29-8-6-25)15-12-16(21(27)28-3)17(22)9-13(15)2/h9-12H,4-8H2,1-3H3. The number of fused-ring (bicyclic) bond motifs is 1. The molecule has 0 amide bonds. The Hall–Kier alpha value is -3.00. The van der Waals surface area contributed by atoms with Crippen LogP contribution in [0.2, 0.25) is 0 Å². The maximum atomic E-state index is 14.3. The molecule has 0 radical (unpaired) electrons. The first kappa shape index (κ1) is 19.3. The summed E-state index contributed by atoms with van der Waals surface area (Å²) >= 11 is 0. The monoisotopic (exact) mass is 398 g/mol. The van der Waals surface area contributed by atoms with Crippen LogP contribution in [0.15, 0.2) is 24.3 Å². The topological polar surface area (TPSA) is 69.0 Å². The van der Waals surface area contributed by atoms with Crippen molar-refractivity contribution >= 4 is 17.4 Å². The number of carbonyl (C=O) groups is 1. The van der Waals surface area contributed by atoms with Crippen molar-refractivity contribution in [3.63, 3.8) is 0 Å². The average Bonchev–Trinajstić information content (AvgIpc) is 3.16. The van der Waals surface area contributed by atoms with E-state index in [0.29, 0.717) is 18.9 Å². The SMILES string of the molecule is CCc1nc2cc(-c3cc(C(=O)OC)c(F)cc3C)cc(N3CCOCC3)n2n1. The lowest BCUT2D eigenvalue weighted by Gasteiger charge is -2.29. The lowest BCUT2D eigenvalue weighted by Crippen LogP contribution is -2.37. The summed E-state index contributed by atoms with van der Waals surface area (Å²) in [6.07, 6.45) is 0.724. The molecule has 3 aromatic rings. The molecule has 3 heterocycles. The van der Waals surface area contributed by atoms with Gasteiger partial charge in [0.05, 0.1) is 25.9 Å². The van der Waals surface area contributed by atoms with Gasteiger partial charge in [0, 0.05) is 19.5 Å². The molecule has 1 saturated heterocycles. The molecule has 7 nitrogen and oxygen atoms in total. The third-order valence-corrected chi connectivity index (χ3v) is 5.14. The largest absolute Gasteiger partial charge is 0.465 e. The molecule has 0 aliphatic carbocycles.